The largest absolute Gasteiger partial charge is 0.497 e. The normalized spacial score (nSPS) is 11.0. The first kappa shape index (κ1) is 14.5. The fourth-order valence-electron chi connectivity index (χ4n) is 1.25. The van der Waals surface area contributed by atoms with Crippen molar-refractivity contribution in [1.82, 2.24) is 10.0 Å². The van der Waals surface area contributed by atoms with Crippen molar-refractivity contribution >= 4 is 15.9 Å². The highest BCUT2D eigenvalue weighted by molar-refractivity contribution is 7.89. The third kappa shape index (κ3) is 4.34. The monoisotopic (exact) mass is 272 g/mol. The van der Waals surface area contributed by atoms with E-state index in [-0.39, 0.29) is 18.2 Å². The van der Waals surface area contributed by atoms with E-state index in [0.29, 0.717) is 11.3 Å². The molecule has 18 heavy (non-hydrogen) atoms. The summed E-state index contributed by atoms with van der Waals surface area (Å²) in [7, 11) is -0.419. The van der Waals surface area contributed by atoms with Gasteiger partial charge < -0.3 is 10.1 Å². The quantitative estimate of drug-likeness (QED) is 0.762. The van der Waals surface area contributed by atoms with Crippen molar-refractivity contribution in [2.75, 3.05) is 26.5 Å². The molecule has 1 aromatic carbocycles. The van der Waals surface area contributed by atoms with Gasteiger partial charge in [0.2, 0.25) is 10.0 Å². The van der Waals surface area contributed by atoms with E-state index < -0.39 is 10.0 Å². The fourth-order valence-corrected chi connectivity index (χ4v) is 1.82. The summed E-state index contributed by atoms with van der Waals surface area (Å²) in [6.45, 7) is 0.0635. The average Bonchev–Trinajstić information content (AvgIpc) is 2.38. The van der Waals surface area contributed by atoms with Crippen molar-refractivity contribution in [3.05, 3.63) is 29.8 Å². The Balaban J connectivity index is 2.50. The van der Waals surface area contributed by atoms with E-state index in [4.69, 9.17) is 4.74 Å². The number of sulfonamides is 1. The number of amides is 1. The Labute approximate surface area is 106 Å². The van der Waals surface area contributed by atoms with Gasteiger partial charge in [0.25, 0.3) is 5.91 Å². The lowest BCUT2D eigenvalue weighted by Gasteiger charge is -2.06. The number of rotatable bonds is 6. The molecule has 0 bridgehead atoms. The van der Waals surface area contributed by atoms with Crippen molar-refractivity contribution in [2.45, 2.75) is 0 Å². The van der Waals surface area contributed by atoms with Gasteiger partial charge in [-0.3, -0.25) is 4.79 Å². The van der Waals surface area contributed by atoms with Crippen LogP contribution in [-0.4, -0.2) is 40.8 Å². The second-order valence-corrected chi connectivity index (χ2v) is 5.55. The van der Waals surface area contributed by atoms with Crippen molar-refractivity contribution in [2.24, 2.45) is 0 Å². The number of benzene rings is 1. The van der Waals surface area contributed by atoms with Gasteiger partial charge in [-0.05, 0) is 31.3 Å². The van der Waals surface area contributed by atoms with Gasteiger partial charge in [0.15, 0.2) is 0 Å². The lowest BCUT2D eigenvalue weighted by molar-refractivity contribution is 0.0956. The summed E-state index contributed by atoms with van der Waals surface area (Å²) in [4.78, 5) is 11.7. The lowest BCUT2D eigenvalue weighted by atomic mass is 10.2. The average molecular weight is 272 g/mol. The molecule has 0 radical (unpaired) electrons. The van der Waals surface area contributed by atoms with E-state index in [1.165, 1.54) is 14.2 Å². The molecule has 0 atom stereocenters. The highest BCUT2D eigenvalue weighted by Gasteiger charge is 2.09. The predicted molar refractivity (Wildman–Crippen MR) is 68.2 cm³/mol. The second-order valence-electron chi connectivity index (χ2n) is 3.51. The Kier molecular flexibility index (Phi) is 5.11. The van der Waals surface area contributed by atoms with Crippen molar-refractivity contribution in [3.8, 4) is 5.75 Å². The summed E-state index contributed by atoms with van der Waals surface area (Å²) in [5.74, 6) is 0.194. The van der Waals surface area contributed by atoms with E-state index in [9.17, 15) is 13.2 Å². The number of nitrogens with one attached hydrogen (secondary N) is 2. The Hall–Kier alpha value is -1.60. The van der Waals surface area contributed by atoms with Gasteiger partial charge >= 0.3 is 0 Å². The molecule has 0 heterocycles. The molecule has 1 amide bonds. The highest BCUT2D eigenvalue weighted by atomic mass is 32.2. The van der Waals surface area contributed by atoms with Gasteiger partial charge in [0.1, 0.15) is 5.75 Å². The summed E-state index contributed by atoms with van der Waals surface area (Å²) in [6, 6.07) is 6.56. The number of carbonyl (C=O) groups excluding carboxylic acids is 1. The maximum Gasteiger partial charge on any atom is 0.251 e. The number of hydrogen-bond acceptors (Lipinski definition) is 4. The topological polar surface area (TPSA) is 84.5 Å². The van der Waals surface area contributed by atoms with Crippen LogP contribution in [0, 0.1) is 0 Å². The summed E-state index contributed by atoms with van der Waals surface area (Å²) in [5.41, 5.74) is 0.456. The molecule has 0 saturated heterocycles. The molecule has 0 aliphatic heterocycles. The fraction of sp³-hybridized carbons (Fsp3) is 0.364. The third-order valence-electron chi connectivity index (χ3n) is 2.32. The Morgan fingerprint density at radius 3 is 2.39 bits per heavy atom. The van der Waals surface area contributed by atoms with Crippen molar-refractivity contribution in [3.63, 3.8) is 0 Å². The predicted octanol–water partition coefficient (Wildman–Crippen LogP) is -0.0258. The molecule has 2 N–H and O–H groups in total. The molecular weight excluding hydrogens is 256 g/mol. The van der Waals surface area contributed by atoms with E-state index in [1.54, 1.807) is 24.3 Å². The van der Waals surface area contributed by atoms with E-state index in [2.05, 4.69) is 10.0 Å². The summed E-state index contributed by atoms with van der Waals surface area (Å²) in [6.07, 6.45) is 0. The van der Waals surface area contributed by atoms with Crippen LogP contribution in [0.25, 0.3) is 0 Å². The number of hydrogen-bond donors (Lipinski definition) is 2. The standard InChI is InChI=1S/C11H16N2O4S/c1-12-18(15,16)8-7-13-11(14)9-3-5-10(17-2)6-4-9/h3-6,12H,7-8H2,1-2H3,(H,13,14). The van der Waals surface area contributed by atoms with Crippen LogP contribution < -0.4 is 14.8 Å². The molecule has 0 fully saturated rings. The van der Waals surface area contributed by atoms with Crippen LogP contribution in [0.5, 0.6) is 5.75 Å². The summed E-state index contributed by atoms with van der Waals surface area (Å²) in [5, 5.41) is 2.53. The molecular formula is C11H16N2O4S. The maximum atomic E-state index is 11.7. The molecule has 0 unspecified atom stereocenters. The van der Waals surface area contributed by atoms with Crippen LogP contribution in [0.1, 0.15) is 10.4 Å². The Morgan fingerprint density at radius 2 is 1.89 bits per heavy atom. The van der Waals surface area contributed by atoms with Gasteiger partial charge in [-0.1, -0.05) is 0 Å². The van der Waals surface area contributed by atoms with Crippen LogP contribution in [0.3, 0.4) is 0 Å². The van der Waals surface area contributed by atoms with Gasteiger partial charge in [-0.2, -0.15) is 0 Å². The molecule has 7 heteroatoms. The minimum Gasteiger partial charge on any atom is -0.497 e. The van der Waals surface area contributed by atoms with Gasteiger partial charge in [-0.15, -0.1) is 0 Å². The molecule has 100 valence electrons. The summed E-state index contributed by atoms with van der Waals surface area (Å²) >= 11 is 0. The van der Waals surface area contributed by atoms with Crippen LogP contribution in [0.4, 0.5) is 0 Å². The first-order valence-corrected chi connectivity index (χ1v) is 6.97. The lowest BCUT2D eigenvalue weighted by Crippen LogP contribution is -2.32. The zero-order valence-corrected chi connectivity index (χ0v) is 11.1. The van der Waals surface area contributed by atoms with Crippen LogP contribution in [0.15, 0.2) is 24.3 Å². The van der Waals surface area contributed by atoms with Gasteiger partial charge in [-0.25, -0.2) is 13.1 Å². The Morgan fingerprint density at radius 1 is 1.28 bits per heavy atom. The minimum atomic E-state index is -3.29. The SMILES string of the molecule is CNS(=O)(=O)CCNC(=O)c1ccc(OC)cc1. The molecule has 0 aliphatic rings. The van der Waals surface area contributed by atoms with Crippen molar-refractivity contribution in [1.29, 1.82) is 0 Å². The molecule has 0 aliphatic carbocycles. The van der Waals surface area contributed by atoms with Crippen LogP contribution >= 0.6 is 0 Å². The van der Waals surface area contributed by atoms with E-state index in [1.807, 2.05) is 0 Å². The van der Waals surface area contributed by atoms with E-state index >= 15 is 0 Å². The van der Waals surface area contributed by atoms with Gasteiger partial charge in [0.05, 0.1) is 12.9 Å². The van der Waals surface area contributed by atoms with Crippen molar-refractivity contribution < 1.29 is 17.9 Å². The first-order valence-electron chi connectivity index (χ1n) is 5.32. The molecule has 0 saturated carbocycles. The zero-order chi connectivity index (χ0) is 13.6. The van der Waals surface area contributed by atoms with Crippen LogP contribution in [0.2, 0.25) is 0 Å². The van der Waals surface area contributed by atoms with E-state index in [0.717, 1.165) is 0 Å². The molecule has 0 aromatic heterocycles. The smallest absolute Gasteiger partial charge is 0.251 e. The molecule has 6 nitrogen and oxygen atoms in total. The first-order chi connectivity index (χ1) is 8.48. The minimum absolute atomic E-state index is 0.0635. The molecule has 0 spiro atoms. The zero-order valence-electron chi connectivity index (χ0n) is 10.3. The third-order valence-corrected chi connectivity index (χ3v) is 3.68. The second kappa shape index (κ2) is 6.36. The molecule has 1 rings (SSSR count). The Bertz CT molecular complexity index is 496. The summed E-state index contributed by atoms with van der Waals surface area (Å²) < 4.78 is 29.4. The van der Waals surface area contributed by atoms with Gasteiger partial charge in [0, 0.05) is 12.1 Å². The number of carbonyl (C=O) groups is 1. The maximum absolute atomic E-state index is 11.7. The highest BCUT2D eigenvalue weighted by Crippen LogP contribution is 2.10. The molecule has 1 aromatic rings. The number of methoxy groups -OCH3 is 1. The number of ether oxygens (including phenoxy) is 1. The van der Waals surface area contributed by atoms with Crippen LogP contribution in [-0.2, 0) is 10.0 Å².